The van der Waals surface area contributed by atoms with Gasteiger partial charge in [0.05, 0.1) is 16.1 Å². The molecule has 0 bridgehead atoms. The summed E-state index contributed by atoms with van der Waals surface area (Å²) in [5, 5.41) is 18.2. The van der Waals surface area contributed by atoms with Crippen LogP contribution in [0.25, 0.3) is 43.4 Å². The fraction of sp³-hybridized carbons (Fsp3) is 0.216. The number of aromatic nitrogens is 3. The number of benzene rings is 4. The van der Waals surface area contributed by atoms with E-state index in [1.807, 2.05) is 24.3 Å². The second-order valence-electron chi connectivity index (χ2n) is 11.2. The van der Waals surface area contributed by atoms with Gasteiger partial charge in [-0.05, 0) is 62.7 Å². The summed E-state index contributed by atoms with van der Waals surface area (Å²) in [4.78, 5) is 30.6. The third kappa shape index (κ3) is 4.68. The van der Waals surface area contributed by atoms with Crippen LogP contribution in [0.15, 0.2) is 98.4 Å². The minimum absolute atomic E-state index is 0.123. The molecule has 1 N–H and O–H groups in total. The maximum Gasteiger partial charge on any atom is 0.333 e. The Kier molecular flexibility index (Phi) is 7.82. The Morgan fingerprint density at radius 3 is 2.20 bits per heavy atom. The number of aromatic hydroxyl groups is 1. The lowest BCUT2D eigenvalue weighted by Crippen LogP contribution is -2.41. The zero-order valence-corrected chi connectivity index (χ0v) is 27.9. The molecule has 46 heavy (non-hydrogen) atoms. The zero-order chi connectivity index (χ0) is 32.1. The third-order valence-corrected chi connectivity index (χ3v) is 10.9. The molecule has 2 aromatic heterocycles. The van der Waals surface area contributed by atoms with Gasteiger partial charge in [0.15, 0.2) is 0 Å². The number of thioether (sulfide) groups is 1. The third-order valence-electron chi connectivity index (χ3n) is 8.74. The molecule has 7 rings (SSSR count). The van der Waals surface area contributed by atoms with Crippen molar-refractivity contribution < 1.29 is 9.67 Å². The first-order chi connectivity index (χ1) is 22.4. The molecule has 4 aromatic carbocycles. The van der Waals surface area contributed by atoms with Gasteiger partial charge in [-0.1, -0.05) is 77.7 Å². The number of thiazole rings is 1. The van der Waals surface area contributed by atoms with Gasteiger partial charge in [-0.15, -0.1) is 0 Å². The van der Waals surface area contributed by atoms with E-state index in [0.717, 1.165) is 54.7 Å². The lowest BCUT2D eigenvalue weighted by molar-refractivity contribution is -0.664. The van der Waals surface area contributed by atoms with Crippen molar-refractivity contribution in [3.63, 3.8) is 0 Å². The summed E-state index contributed by atoms with van der Waals surface area (Å²) < 4.78 is 5.89. The van der Waals surface area contributed by atoms with Crippen molar-refractivity contribution in [2.45, 2.75) is 52.2 Å². The quantitative estimate of drug-likeness (QED) is 0.181. The Balaban J connectivity index is 1.53. The molecule has 232 valence electrons. The average molecular weight is 648 g/mol. The lowest BCUT2D eigenvalue weighted by Gasteiger charge is -2.20. The zero-order valence-electron chi connectivity index (χ0n) is 26.3. The molecule has 0 fully saturated rings. The molecule has 0 atom stereocenters. The van der Waals surface area contributed by atoms with Crippen LogP contribution in [0.4, 0.5) is 5.69 Å². The molecule has 0 aliphatic carbocycles. The maximum absolute atomic E-state index is 14.1. The van der Waals surface area contributed by atoms with E-state index in [0.29, 0.717) is 5.57 Å². The van der Waals surface area contributed by atoms with Gasteiger partial charge in [-0.3, -0.25) is 13.9 Å². The van der Waals surface area contributed by atoms with Gasteiger partial charge in [-0.25, -0.2) is 4.79 Å². The smallest absolute Gasteiger partial charge is 0.333 e. The van der Waals surface area contributed by atoms with E-state index in [-0.39, 0.29) is 24.5 Å². The topological polar surface area (TPSA) is 71.3 Å². The molecule has 0 saturated carbocycles. The number of nitrogens with zero attached hydrogens (tertiary/aromatic N) is 4. The van der Waals surface area contributed by atoms with Gasteiger partial charge >= 0.3 is 5.69 Å². The van der Waals surface area contributed by atoms with Crippen molar-refractivity contribution >= 4 is 72.2 Å². The SMILES string of the molecule is CCN1/C(=C/C(=C\c2sc3ccc4ccccc4c3[n+]2CC)c2c(O)n(CC)c(=O)n(CC)c2=O)Sc2ccc3ccccc3c21. The van der Waals surface area contributed by atoms with Crippen LogP contribution in [0, 0.1) is 0 Å². The summed E-state index contributed by atoms with van der Waals surface area (Å²) in [5.41, 5.74) is 1.95. The number of rotatable bonds is 7. The second kappa shape index (κ2) is 12.0. The molecule has 0 unspecified atom stereocenters. The normalized spacial score (nSPS) is 14.3. The molecule has 0 amide bonds. The highest BCUT2D eigenvalue weighted by Crippen LogP contribution is 2.50. The average Bonchev–Trinajstić information content (AvgIpc) is 3.62. The van der Waals surface area contributed by atoms with Crippen LogP contribution in [-0.2, 0) is 19.6 Å². The highest BCUT2D eigenvalue weighted by molar-refractivity contribution is 8.03. The Hall–Kier alpha value is -4.60. The Morgan fingerprint density at radius 2 is 1.50 bits per heavy atom. The molecule has 1 aliphatic rings. The molecule has 1 aliphatic heterocycles. The Labute approximate surface area is 275 Å². The van der Waals surface area contributed by atoms with Crippen molar-refractivity contribution in [2.24, 2.45) is 0 Å². The first-order valence-corrected chi connectivity index (χ1v) is 17.3. The predicted molar refractivity (Wildman–Crippen MR) is 192 cm³/mol. The van der Waals surface area contributed by atoms with Crippen LogP contribution in [-0.4, -0.2) is 20.8 Å². The molecule has 0 radical (unpaired) electrons. The molecule has 0 spiro atoms. The van der Waals surface area contributed by atoms with Crippen molar-refractivity contribution in [1.29, 1.82) is 0 Å². The summed E-state index contributed by atoms with van der Waals surface area (Å²) in [7, 11) is 0. The van der Waals surface area contributed by atoms with Crippen LogP contribution in [0.3, 0.4) is 0 Å². The number of anilines is 1. The van der Waals surface area contributed by atoms with Crippen molar-refractivity contribution in [1.82, 2.24) is 9.13 Å². The first-order valence-electron chi connectivity index (χ1n) is 15.7. The number of hydrogen-bond acceptors (Lipinski definition) is 6. The van der Waals surface area contributed by atoms with Crippen molar-refractivity contribution in [3.8, 4) is 5.88 Å². The van der Waals surface area contributed by atoms with Crippen LogP contribution < -0.4 is 20.7 Å². The van der Waals surface area contributed by atoms with Gasteiger partial charge in [0.2, 0.25) is 11.4 Å². The minimum atomic E-state index is -0.510. The fourth-order valence-corrected chi connectivity index (χ4v) is 8.94. The highest BCUT2D eigenvalue weighted by atomic mass is 32.2. The predicted octanol–water partition coefficient (Wildman–Crippen LogP) is 7.60. The maximum atomic E-state index is 14.1. The van der Waals surface area contributed by atoms with E-state index in [1.165, 1.54) is 19.9 Å². The summed E-state index contributed by atoms with van der Waals surface area (Å²) in [6.07, 6.45) is 4.01. The monoisotopic (exact) mass is 647 g/mol. The number of allylic oxidation sites excluding steroid dienone is 2. The Bertz CT molecular complexity index is 2360. The van der Waals surface area contributed by atoms with E-state index in [4.69, 9.17) is 0 Å². The van der Waals surface area contributed by atoms with Crippen LogP contribution in [0.1, 0.15) is 38.3 Å². The minimum Gasteiger partial charge on any atom is -0.494 e. The van der Waals surface area contributed by atoms with E-state index in [9.17, 15) is 14.7 Å². The largest absolute Gasteiger partial charge is 0.494 e. The van der Waals surface area contributed by atoms with Gasteiger partial charge in [0.25, 0.3) is 10.6 Å². The molecular weight excluding hydrogens is 613 g/mol. The van der Waals surface area contributed by atoms with Crippen molar-refractivity contribution in [2.75, 3.05) is 11.4 Å². The summed E-state index contributed by atoms with van der Waals surface area (Å²) in [6, 6.07) is 25.3. The lowest BCUT2D eigenvalue weighted by atomic mass is 10.1. The van der Waals surface area contributed by atoms with E-state index in [2.05, 4.69) is 84.0 Å². The number of hydrogen-bond donors (Lipinski definition) is 1. The first kappa shape index (κ1) is 30.1. The van der Waals surface area contributed by atoms with Crippen LogP contribution >= 0.6 is 23.1 Å². The molecule has 7 nitrogen and oxygen atoms in total. The highest BCUT2D eigenvalue weighted by Gasteiger charge is 2.29. The second-order valence-corrected chi connectivity index (χ2v) is 13.3. The fourth-order valence-electron chi connectivity index (χ4n) is 6.55. The molecular formula is C37H35N4O3S2+. The molecule has 9 heteroatoms. The van der Waals surface area contributed by atoms with Gasteiger partial charge in [-0.2, -0.15) is 4.57 Å². The molecule has 0 saturated heterocycles. The van der Waals surface area contributed by atoms with Gasteiger partial charge < -0.3 is 10.0 Å². The molecule has 3 heterocycles. The van der Waals surface area contributed by atoms with Gasteiger partial charge in [0.1, 0.15) is 16.8 Å². The van der Waals surface area contributed by atoms with Crippen LogP contribution in [0.2, 0.25) is 0 Å². The van der Waals surface area contributed by atoms with Crippen LogP contribution in [0.5, 0.6) is 5.88 Å². The van der Waals surface area contributed by atoms with E-state index in [1.54, 1.807) is 36.9 Å². The van der Waals surface area contributed by atoms with E-state index >= 15 is 0 Å². The van der Waals surface area contributed by atoms with E-state index < -0.39 is 11.2 Å². The summed E-state index contributed by atoms with van der Waals surface area (Å²) in [5.74, 6) is -0.311. The summed E-state index contributed by atoms with van der Waals surface area (Å²) >= 11 is 3.31. The molecule has 6 aromatic rings. The standard InChI is InChI=1S/C37H34N4O3S2/c1-5-38-30(45-28-19-17-23-13-9-11-15-26(23)33(28)38)21-25(32-35(42)40(7-3)37(44)41(8-4)36(32)43)22-31-39(6-2)34-27-16-12-10-14-24(27)18-20-29(34)46-31/h9-22H,5-8H2,1-4H3/p+1/b30-21-. The number of aryl methyl sites for hydroxylation is 1. The summed E-state index contributed by atoms with van der Waals surface area (Å²) in [6.45, 7) is 9.69. The number of fused-ring (bicyclic) bond motifs is 6. The van der Waals surface area contributed by atoms with Crippen molar-refractivity contribution in [3.05, 3.63) is 115 Å². The Morgan fingerprint density at radius 1 is 0.826 bits per heavy atom. The van der Waals surface area contributed by atoms with Gasteiger partial charge in [0, 0.05) is 41.6 Å².